The van der Waals surface area contributed by atoms with E-state index in [1.165, 1.54) is 0 Å². The molecular formula is C15H22N3O3P. The van der Waals surface area contributed by atoms with Gasteiger partial charge in [0.15, 0.2) is 0 Å². The fourth-order valence-electron chi connectivity index (χ4n) is 2.19. The molecule has 6 nitrogen and oxygen atoms in total. The van der Waals surface area contributed by atoms with Gasteiger partial charge in [0.25, 0.3) is 0 Å². The summed E-state index contributed by atoms with van der Waals surface area (Å²) < 4.78 is 5.21. The number of benzene rings is 1. The highest BCUT2D eigenvalue weighted by Crippen LogP contribution is 2.27. The van der Waals surface area contributed by atoms with Crippen LogP contribution < -0.4 is 15.7 Å². The van der Waals surface area contributed by atoms with Crippen molar-refractivity contribution in [1.82, 2.24) is 5.09 Å². The summed E-state index contributed by atoms with van der Waals surface area (Å²) in [6.07, 6.45) is 0.135. The number of carbonyl (C=O) groups excluding carboxylic acids is 2. The van der Waals surface area contributed by atoms with Crippen LogP contribution in [0.4, 0.5) is 16.2 Å². The molecule has 2 amide bonds. The normalized spacial score (nSPS) is 18.0. The number of anilines is 2. The van der Waals surface area contributed by atoms with Crippen LogP contribution in [0, 0.1) is 0 Å². The molecule has 2 unspecified atom stereocenters. The molecule has 1 aliphatic heterocycles. The van der Waals surface area contributed by atoms with Crippen molar-refractivity contribution >= 4 is 32.1 Å². The van der Waals surface area contributed by atoms with Crippen LogP contribution in [0.15, 0.2) is 18.2 Å². The second kappa shape index (κ2) is 6.63. The lowest BCUT2D eigenvalue weighted by molar-refractivity contribution is -0.117. The maximum absolute atomic E-state index is 12.0. The van der Waals surface area contributed by atoms with Gasteiger partial charge in [0.1, 0.15) is 5.60 Å². The molecule has 120 valence electrons. The van der Waals surface area contributed by atoms with Crippen LogP contribution >= 0.6 is 8.73 Å². The Hall–Kier alpha value is -1.65. The monoisotopic (exact) mass is 323 g/mol. The molecule has 7 heteroatoms. The van der Waals surface area contributed by atoms with E-state index in [9.17, 15) is 9.59 Å². The highest BCUT2D eigenvalue weighted by molar-refractivity contribution is 7.34. The molecule has 0 radical (unpaired) electrons. The van der Waals surface area contributed by atoms with Crippen LogP contribution in [0.5, 0.6) is 0 Å². The van der Waals surface area contributed by atoms with E-state index in [0.29, 0.717) is 20.8 Å². The minimum Gasteiger partial charge on any atom is -0.444 e. The van der Waals surface area contributed by atoms with Gasteiger partial charge in [-0.05, 0) is 51.6 Å². The molecule has 0 aromatic heterocycles. The Kier molecular flexibility index (Phi) is 5.04. The SMILES string of the molecule is CPNC1Cc2ccc(NC(=O)OC(C)(C)C)cc2NC1=O. The summed E-state index contributed by atoms with van der Waals surface area (Å²) >= 11 is 0. The third-order valence-corrected chi connectivity index (χ3v) is 3.71. The predicted octanol–water partition coefficient (Wildman–Crippen LogP) is 2.71. The van der Waals surface area contributed by atoms with Crippen LogP contribution in [0.1, 0.15) is 26.3 Å². The highest BCUT2D eigenvalue weighted by atomic mass is 31.1. The van der Waals surface area contributed by atoms with Crippen molar-refractivity contribution in [2.24, 2.45) is 0 Å². The van der Waals surface area contributed by atoms with Gasteiger partial charge in [-0.2, -0.15) is 0 Å². The third-order valence-electron chi connectivity index (χ3n) is 3.07. The molecule has 0 aliphatic carbocycles. The van der Waals surface area contributed by atoms with E-state index >= 15 is 0 Å². The van der Waals surface area contributed by atoms with Crippen molar-refractivity contribution in [2.45, 2.75) is 38.8 Å². The topological polar surface area (TPSA) is 79.5 Å². The predicted molar refractivity (Wildman–Crippen MR) is 89.8 cm³/mol. The molecular weight excluding hydrogens is 301 g/mol. The average Bonchev–Trinajstić information content (AvgIpc) is 2.37. The van der Waals surface area contributed by atoms with E-state index in [0.717, 1.165) is 11.3 Å². The molecule has 2 rings (SSSR count). The Morgan fingerprint density at radius 2 is 2.14 bits per heavy atom. The van der Waals surface area contributed by atoms with E-state index in [4.69, 9.17) is 4.74 Å². The van der Waals surface area contributed by atoms with E-state index in [1.807, 2.05) is 18.8 Å². The molecule has 22 heavy (non-hydrogen) atoms. The standard InChI is InChI=1S/C15H22N3O3P/c1-15(2,3)21-14(20)16-10-6-5-9-7-12(18-22-4)13(19)17-11(9)8-10/h5-6,8,12,18,22H,7H2,1-4H3,(H,16,20)(H,17,19). The van der Waals surface area contributed by atoms with Gasteiger partial charge in [-0.25, -0.2) is 4.79 Å². The van der Waals surface area contributed by atoms with Gasteiger partial charge in [0.05, 0.1) is 6.04 Å². The smallest absolute Gasteiger partial charge is 0.412 e. The molecule has 0 saturated carbocycles. The van der Waals surface area contributed by atoms with E-state index in [1.54, 1.807) is 26.8 Å². The Morgan fingerprint density at radius 1 is 1.41 bits per heavy atom. The van der Waals surface area contributed by atoms with Gasteiger partial charge in [-0.3, -0.25) is 15.2 Å². The molecule has 1 aromatic carbocycles. The number of nitrogens with one attached hydrogen (secondary N) is 3. The van der Waals surface area contributed by atoms with Gasteiger partial charge in [-0.15, -0.1) is 0 Å². The summed E-state index contributed by atoms with van der Waals surface area (Å²) in [7, 11) is 0.516. The number of carbonyl (C=O) groups is 2. The molecule has 0 bridgehead atoms. The fourth-order valence-corrected chi connectivity index (χ4v) is 2.77. The van der Waals surface area contributed by atoms with Gasteiger partial charge < -0.3 is 10.1 Å². The summed E-state index contributed by atoms with van der Waals surface area (Å²) in [6, 6.07) is 5.28. The number of ether oxygens (including phenoxy) is 1. The van der Waals surface area contributed by atoms with Crippen LogP contribution in [0.2, 0.25) is 0 Å². The quantitative estimate of drug-likeness (QED) is 0.747. The molecule has 0 fully saturated rings. The number of hydrogen-bond donors (Lipinski definition) is 3. The lowest BCUT2D eigenvalue weighted by Crippen LogP contribution is -2.41. The average molecular weight is 323 g/mol. The molecule has 2 atom stereocenters. The van der Waals surface area contributed by atoms with Crippen molar-refractivity contribution in [3.8, 4) is 0 Å². The van der Waals surface area contributed by atoms with Crippen molar-refractivity contribution in [1.29, 1.82) is 0 Å². The maximum Gasteiger partial charge on any atom is 0.412 e. The van der Waals surface area contributed by atoms with E-state index in [-0.39, 0.29) is 11.9 Å². The highest BCUT2D eigenvalue weighted by Gasteiger charge is 2.25. The minimum absolute atomic E-state index is 0.0451. The van der Waals surface area contributed by atoms with Crippen LogP contribution in [0.3, 0.4) is 0 Å². The number of hydrogen-bond acceptors (Lipinski definition) is 4. The molecule has 1 heterocycles. The minimum atomic E-state index is -0.549. The first-order valence-corrected chi connectivity index (χ1v) is 8.64. The van der Waals surface area contributed by atoms with E-state index < -0.39 is 11.7 Å². The zero-order valence-electron chi connectivity index (χ0n) is 13.2. The van der Waals surface area contributed by atoms with Crippen LogP contribution in [0.25, 0.3) is 0 Å². The Balaban J connectivity index is 2.08. The second-order valence-electron chi connectivity index (χ2n) is 6.14. The summed E-state index contributed by atoms with van der Waals surface area (Å²) in [5.41, 5.74) is 1.82. The van der Waals surface area contributed by atoms with Crippen molar-refractivity contribution < 1.29 is 14.3 Å². The third kappa shape index (κ3) is 4.42. The molecule has 1 aliphatic rings. The lowest BCUT2D eigenvalue weighted by Gasteiger charge is -2.25. The van der Waals surface area contributed by atoms with Crippen LogP contribution in [-0.2, 0) is 16.0 Å². The van der Waals surface area contributed by atoms with Gasteiger partial charge in [0.2, 0.25) is 5.91 Å². The zero-order chi connectivity index (χ0) is 16.3. The van der Waals surface area contributed by atoms with Gasteiger partial charge in [0, 0.05) is 11.4 Å². The van der Waals surface area contributed by atoms with Gasteiger partial charge >= 0.3 is 6.09 Å². The molecule has 1 aromatic rings. The number of amides is 2. The van der Waals surface area contributed by atoms with Gasteiger partial charge in [-0.1, -0.05) is 14.8 Å². The van der Waals surface area contributed by atoms with Crippen molar-refractivity contribution in [3.63, 3.8) is 0 Å². The van der Waals surface area contributed by atoms with E-state index in [2.05, 4.69) is 15.7 Å². The first-order valence-electron chi connectivity index (χ1n) is 7.14. The second-order valence-corrected chi connectivity index (χ2v) is 6.93. The molecule has 3 N–H and O–H groups in total. The van der Waals surface area contributed by atoms with Crippen molar-refractivity contribution in [3.05, 3.63) is 23.8 Å². The first-order chi connectivity index (χ1) is 10.3. The summed E-state index contributed by atoms with van der Waals surface area (Å²) in [5.74, 6) is -0.0451. The largest absolute Gasteiger partial charge is 0.444 e. The summed E-state index contributed by atoms with van der Waals surface area (Å²) in [5, 5.41) is 8.71. The Bertz CT molecular complexity index is 584. The molecule has 0 spiro atoms. The summed E-state index contributed by atoms with van der Waals surface area (Å²) in [6.45, 7) is 7.42. The fraction of sp³-hybridized carbons (Fsp3) is 0.467. The van der Waals surface area contributed by atoms with Crippen LogP contribution in [-0.4, -0.2) is 30.3 Å². The lowest BCUT2D eigenvalue weighted by atomic mass is 9.99. The zero-order valence-corrected chi connectivity index (χ0v) is 14.2. The number of fused-ring (bicyclic) bond motifs is 1. The number of rotatable bonds is 3. The maximum atomic E-state index is 12.0. The first kappa shape index (κ1) is 16.7. The Labute approximate surface area is 132 Å². The molecule has 0 saturated heterocycles. The van der Waals surface area contributed by atoms with Crippen molar-refractivity contribution in [2.75, 3.05) is 17.3 Å². The Morgan fingerprint density at radius 3 is 2.77 bits per heavy atom. The summed E-state index contributed by atoms with van der Waals surface area (Å²) in [4.78, 5) is 23.8.